The predicted octanol–water partition coefficient (Wildman–Crippen LogP) is 6.23. The molecule has 0 rings (SSSR count). The van der Waals surface area contributed by atoms with E-state index in [2.05, 4.69) is 34.7 Å². The molecule has 124 valence electrons. The number of halogens is 1. The summed E-state index contributed by atoms with van der Waals surface area (Å²) < 4.78 is 0. The van der Waals surface area contributed by atoms with Crippen molar-refractivity contribution in [3.05, 3.63) is 0 Å². The maximum Gasteiger partial charge on any atom is 0.114 e. The molecule has 0 aliphatic heterocycles. The zero-order chi connectivity index (χ0) is 15.6. The second-order valence-corrected chi connectivity index (χ2v) is 6.75. The highest BCUT2D eigenvalue weighted by atomic mass is 79.9. The Kier molecular flexibility index (Phi) is 18.1. The summed E-state index contributed by atoms with van der Waals surface area (Å²) in [5.41, 5.74) is 0. The van der Waals surface area contributed by atoms with Crippen molar-refractivity contribution in [2.75, 3.05) is 5.33 Å². The van der Waals surface area contributed by atoms with Crippen LogP contribution in [0, 0.1) is 11.8 Å². The molecule has 0 unspecified atom stereocenters. The van der Waals surface area contributed by atoms with E-state index in [1.807, 2.05) is 0 Å². The number of hydrogen-bond donors (Lipinski definition) is 1. The van der Waals surface area contributed by atoms with Crippen molar-refractivity contribution in [2.24, 2.45) is 0 Å². The van der Waals surface area contributed by atoms with Crippen LogP contribution in [0.1, 0.15) is 96.8 Å². The van der Waals surface area contributed by atoms with Gasteiger partial charge in [-0.3, -0.25) is 0 Å². The van der Waals surface area contributed by atoms with Crippen LogP contribution >= 0.6 is 15.9 Å². The van der Waals surface area contributed by atoms with Crippen LogP contribution in [-0.4, -0.2) is 16.5 Å². The van der Waals surface area contributed by atoms with E-state index < -0.39 is 6.10 Å². The Morgan fingerprint density at radius 2 is 1.33 bits per heavy atom. The molecule has 0 aliphatic carbocycles. The molecular formula is C19H35BrO. The van der Waals surface area contributed by atoms with Crippen molar-refractivity contribution < 1.29 is 5.11 Å². The van der Waals surface area contributed by atoms with Gasteiger partial charge >= 0.3 is 0 Å². The Morgan fingerprint density at radius 1 is 0.810 bits per heavy atom. The summed E-state index contributed by atoms with van der Waals surface area (Å²) in [6.45, 7) is 2.14. The average Bonchev–Trinajstić information content (AvgIpc) is 2.49. The summed E-state index contributed by atoms with van der Waals surface area (Å²) in [6.07, 6.45) is 17.2. The summed E-state index contributed by atoms with van der Waals surface area (Å²) in [5.74, 6) is 6.08. The molecule has 0 radical (unpaired) electrons. The topological polar surface area (TPSA) is 20.2 Å². The Bertz CT molecular complexity index is 254. The van der Waals surface area contributed by atoms with Gasteiger partial charge in [0.25, 0.3) is 0 Å². The maximum atomic E-state index is 9.58. The lowest BCUT2D eigenvalue weighted by Gasteiger charge is -2.01. The molecule has 0 spiro atoms. The first kappa shape index (κ1) is 21.0. The van der Waals surface area contributed by atoms with E-state index in [0.29, 0.717) is 0 Å². The van der Waals surface area contributed by atoms with Crippen LogP contribution in [0.5, 0.6) is 0 Å². The van der Waals surface area contributed by atoms with Crippen LogP contribution < -0.4 is 0 Å². The predicted molar refractivity (Wildman–Crippen MR) is 97.9 cm³/mol. The number of unbranched alkanes of at least 4 members (excludes halogenated alkanes) is 11. The molecule has 0 aromatic rings. The van der Waals surface area contributed by atoms with E-state index in [1.54, 1.807) is 0 Å². The average molecular weight is 359 g/mol. The smallest absolute Gasteiger partial charge is 0.114 e. The second-order valence-electron chi connectivity index (χ2n) is 5.95. The molecule has 0 aromatic heterocycles. The zero-order valence-electron chi connectivity index (χ0n) is 14.0. The van der Waals surface area contributed by atoms with Crippen LogP contribution in [0.15, 0.2) is 0 Å². The van der Waals surface area contributed by atoms with Gasteiger partial charge in [0.2, 0.25) is 0 Å². The van der Waals surface area contributed by atoms with Gasteiger partial charge in [-0.15, -0.1) is 5.92 Å². The maximum absolute atomic E-state index is 9.58. The standard InChI is InChI=1S/C19H35BrO/c1-2-3-16-19(21)17-14-12-10-8-6-4-5-7-9-11-13-15-18-20/h19,21H,2-13,15-16,18H2,1H3/t19-/m1/s1. The third kappa shape index (κ3) is 18.0. The van der Waals surface area contributed by atoms with E-state index >= 15 is 0 Å². The molecule has 0 bridgehead atoms. The fourth-order valence-electron chi connectivity index (χ4n) is 2.38. The summed E-state index contributed by atoms with van der Waals surface area (Å²) in [6, 6.07) is 0. The fraction of sp³-hybridized carbons (Fsp3) is 0.895. The molecule has 1 N–H and O–H groups in total. The molecule has 0 aromatic carbocycles. The lowest BCUT2D eigenvalue weighted by atomic mass is 10.1. The molecule has 2 heteroatoms. The van der Waals surface area contributed by atoms with E-state index in [9.17, 15) is 5.11 Å². The summed E-state index contributed by atoms with van der Waals surface area (Å²) in [4.78, 5) is 0. The molecule has 1 nitrogen and oxygen atoms in total. The molecule has 0 heterocycles. The molecule has 21 heavy (non-hydrogen) atoms. The number of alkyl halides is 1. The van der Waals surface area contributed by atoms with Crippen molar-refractivity contribution >= 4 is 15.9 Å². The van der Waals surface area contributed by atoms with Gasteiger partial charge < -0.3 is 5.11 Å². The van der Waals surface area contributed by atoms with E-state index in [4.69, 9.17) is 0 Å². The van der Waals surface area contributed by atoms with Crippen molar-refractivity contribution in [2.45, 2.75) is 103 Å². The minimum absolute atomic E-state index is 0.394. The number of hydrogen-bond acceptors (Lipinski definition) is 1. The number of rotatable bonds is 14. The van der Waals surface area contributed by atoms with Crippen molar-refractivity contribution in [1.82, 2.24) is 0 Å². The highest BCUT2D eigenvalue weighted by Crippen LogP contribution is 2.11. The SMILES string of the molecule is CCCC[C@@H](O)C#CCCCCCCCCCCCCBr. The van der Waals surface area contributed by atoms with Gasteiger partial charge in [-0.1, -0.05) is 93.0 Å². The molecule has 0 amide bonds. The van der Waals surface area contributed by atoms with Gasteiger partial charge in [0.1, 0.15) is 6.10 Å². The fourth-order valence-corrected chi connectivity index (χ4v) is 2.78. The minimum atomic E-state index is -0.394. The number of aliphatic hydroxyl groups is 1. The Balaban J connectivity index is 3.17. The molecule has 0 saturated heterocycles. The van der Waals surface area contributed by atoms with E-state index in [-0.39, 0.29) is 0 Å². The third-order valence-electron chi connectivity index (χ3n) is 3.79. The highest BCUT2D eigenvalue weighted by molar-refractivity contribution is 9.09. The quantitative estimate of drug-likeness (QED) is 0.221. The first-order valence-electron chi connectivity index (χ1n) is 9.03. The van der Waals surface area contributed by atoms with E-state index in [1.165, 1.54) is 64.2 Å². The summed E-state index contributed by atoms with van der Waals surface area (Å²) >= 11 is 3.47. The lowest BCUT2D eigenvalue weighted by Crippen LogP contribution is -2.01. The van der Waals surface area contributed by atoms with Crippen molar-refractivity contribution in [1.29, 1.82) is 0 Å². The Morgan fingerprint density at radius 3 is 1.86 bits per heavy atom. The normalized spacial score (nSPS) is 12.0. The van der Waals surface area contributed by atoms with Crippen LogP contribution in [0.4, 0.5) is 0 Å². The first-order valence-corrected chi connectivity index (χ1v) is 10.2. The Labute approximate surface area is 141 Å². The molecule has 0 fully saturated rings. The second kappa shape index (κ2) is 18.1. The monoisotopic (exact) mass is 358 g/mol. The molecule has 0 saturated carbocycles. The van der Waals surface area contributed by atoms with E-state index in [0.717, 1.165) is 31.0 Å². The Hall–Kier alpha value is 0. The zero-order valence-corrected chi connectivity index (χ0v) is 15.6. The third-order valence-corrected chi connectivity index (χ3v) is 4.35. The van der Waals surface area contributed by atoms with Gasteiger partial charge in [0.15, 0.2) is 0 Å². The summed E-state index contributed by atoms with van der Waals surface area (Å²) in [5, 5.41) is 10.7. The first-order chi connectivity index (χ1) is 10.3. The largest absolute Gasteiger partial charge is 0.380 e. The van der Waals surface area contributed by atoms with Gasteiger partial charge in [-0.25, -0.2) is 0 Å². The van der Waals surface area contributed by atoms with Gasteiger partial charge in [0.05, 0.1) is 0 Å². The van der Waals surface area contributed by atoms with Crippen LogP contribution in [-0.2, 0) is 0 Å². The van der Waals surface area contributed by atoms with Gasteiger partial charge in [0, 0.05) is 11.8 Å². The van der Waals surface area contributed by atoms with Gasteiger partial charge in [-0.05, 0) is 19.3 Å². The molecular weight excluding hydrogens is 324 g/mol. The molecule has 1 atom stereocenters. The van der Waals surface area contributed by atoms with Crippen molar-refractivity contribution in [3.8, 4) is 11.8 Å². The minimum Gasteiger partial charge on any atom is -0.380 e. The lowest BCUT2D eigenvalue weighted by molar-refractivity contribution is 0.218. The van der Waals surface area contributed by atoms with Crippen LogP contribution in [0.3, 0.4) is 0 Å². The van der Waals surface area contributed by atoms with Crippen LogP contribution in [0.25, 0.3) is 0 Å². The summed E-state index contributed by atoms with van der Waals surface area (Å²) in [7, 11) is 0. The van der Waals surface area contributed by atoms with Crippen molar-refractivity contribution in [3.63, 3.8) is 0 Å². The van der Waals surface area contributed by atoms with Gasteiger partial charge in [-0.2, -0.15) is 0 Å². The molecule has 0 aliphatic rings. The highest BCUT2D eigenvalue weighted by Gasteiger charge is 1.96. The van der Waals surface area contributed by atoms with Crippen LogP contribution in [0.2, 0.25) is 0 Å². The number of aliphatic hydroxyl groups excluding tert-OH is 1.